The summed E-state index contributed by atoms with van der Waals surface area (Å²) in [6.45, 7) is 9.04. The van der Waals surface area contributed by atoms with E-state index in [1.165, 1.54) is 0 Å². The lowest BCUT2D eigenvalue weighted by atomic mass is 10.4. The molecule has 0 aromatic rings. The van der Waals surface area contributed by atoms with Crippen molar-refractivity contribution in [2.45, 2.75) is 40.3 Å². The van der Waals surface area contributed by atoms with E-state index in [0.29, 0.717) is 6.54 Å². The zero-order valence-electron chi connectivity index (χ0n) is 7.58. The molecule has 1 nitrogen and oxygen atoms in total. The van der Waals surface area contributed by atoms with Crippen LogP contribution in [0.15, 0.2) is 0 Å². The van der Waals surface area contributed by atoms with E-state index in [2.05, 4.69) is 12.2 Å². The first-order valence-corrected chi connectivity index (χ1v) is 4.12. The molecule has 0 aliphatic heterocycles. The highest BCUT2D eigenvalue weighted by Gasteiger charge is 1.92. The summed E-state index contributed by atoms with van der Waals surface area (Å²) in [5.41, 5.74) is 0. The average molecular weight is 149 g/mol. The van der Waals surface area contributed by atoms with Crippen LogP contribution < -0.4 is 5.32 Å². The predicted molar refractivity (Wildman–Crippen MR) is 45.1 cm³/mol. The van der Waals surface area contributed by atoms with Gasteiger partial charge in [-0.2, -0.15) is 0 Å². The number of nitrogens with one attached hydrogen (secondary N) is 1. The molecule has 1 N–H and O–H groups in total. The van der Waals surface area contributed by atoms with Crippen LogP contribution in [0.2, 0.25) is 0 Å². The first kappa shape index (κ1) is 12.6. The molecule has 0 heterocycles. The molecule has 1 unspecified atom stereocenters. The highest BCUT2D eigenvalue weighted by molar-refractivity contribution is 4.50. The quantitative estimate of drug-likeness (QED) is 0.605. The van der Waals surface area contributed by atoms with Gasteiger partial charge in [-0.25, -0.2) is 4.39 Å². The van der Waals surface area contributed by atoms with E-state index >= 15 is 0 Å². The molecule has 0 saturated heterocycles. The summed E-state index contributed by atoms with van der Waals surface area (Å²) < 4.78 is 12.0. The molecule has 1 atom stereocenters. The van der Waals surface area contributed by atoms with Gasteiger partial charge in [-0.1, -0.05) is 20.8 Å². The van der Waals surface area contributed by atoms with Gasteiger partial charge < -0.3 is 5.32 Å². The van der Waals surface area contributed by atoms with E-state index in [0.717, 1.165) is 13.0 Å². The van der Waals surface area contributed by atoms with E-state index in [4.69, 9.17) is 0 Å². The summed E-state index contributed by atoms with van der Waals surface area (Å²) in [6.07, 6.45) is 0.369. The zero-order valence-corrected chi connectivity index (χ0v) is 7.58. The third-order valence-corrected chi connectivity index (χ3v) is 0.852. The van der Waals surface area contributed by atoms with Crippen molar-refractivity contribution in [2.75, 3.05) is 13.1 Å². The van der Waals surface area contributed by atoms with E-state index in [-0.39, 0.29) is 0 Å². The summed E-state index contributed by atoms with van der Waals surface area (Å²) in [7, 11) is 0. The predicted octanol–water partition coefficient (Wildman–Crippen LogP) is 2.37. The standard InChI is InChI=1S/C6H14FN.C2H6/c1-3-4-8-5-6(2)7;1-2/h6,8H,3-5H2,1-2H3;1-2H3. The van der Waals surface area contributed by atoms with E-state index in [1.54, 1.807) is 6.92 Å². The number of alkyl halides is 1. The molecular formula is C8H20FN. The molecule has 2 heteroatoms. The van der Waals surface area contributed by atoms with Crippen LogP contribution in [0.4, 0.5) is 4.39 Å². The Balaban J connectivity index is 0. The van der Waals surface area contributed by atoms with Crippen LogP contribution >= 0.6 is 0 Å². The van der Waals surface area contributed by atoms with Crippen LogP contribution in [0.3, 0.4) is 0 Å². The maximum Gasteiger partial charge on any atom is 0.110 e. The van der Waals surface area contributed by atoms with Crippen molar-refractivity contribution in [3.05, 3.63) is 0 Å². The zero-order chi connectivity index (χ0) is 8.41. The second kappa shape index (κ2) is 11.7. The van der Waals surface area contributed by atoms with E-state index in [9.17, 15) is 4.39 Å². The second-order valence-corrected chi connectivity index (χ2v) is 1.98. The number of rotatable bonds is 4. The molecule has 10 heavy (non-hydrogen) atoms. The molecule has 0 aliphatic rings. The van der Waals surface area contributed by atoms with Crippen LogP contribution in [0.5, 0.6) is 0 Å². The van der Waals surface area contributed by atoms with Crippen LogP contribution in [0, 0.1) is 0 Å². The second-order valence-electron chi connectivity index (χ2n) is 1.98. The van der Waals surface area contributed by atoms with Gasteiger partial charge in [0, 0.05) is 6.54 Å². The summed E-state index contributed by atoms with van der Waals surface area (Å²) in [6, 6.07) is 0. The number of hydrogen-bond acceptors (Lipinski definition) is 1. The Labute approximate surface area is 64.0 Å². The molecule has 0 radical (unpaired) electrons. The molecule has 0 fully saturated rings. The van der Waals surface area contributed by atoms with E-state index in [1.807, 2.05) is 13.8 Å². The largest absolute Gasteiger partial charge is 0.314 e. The summed E-state index contributed by atoms with van der Waals surface area (Å²) in [5.74, 6) is 0. The fourth-order valence-corrected chi connectivity index (χ4v) is 0.478. The fraction of sp³-hybridized carbons (Fsp3) is 1.00. The van der Waals surface area contributed by atoms with Crippen molar-refractivity contribution in [2.24, 2.45) is 0 Å². The monoisotopic (exact) mass is 149 g/mol. The van der Waals surface area contributed by atoms with Gasteiger partial charge in [0.1, 0.15) is 6.17 Å². The van der Waals surface area contributed by atoms with Crippen LogP contribution in [0.1, 0.15) is 34.1 Å². The number of halogens is 1. The van der Waals surface area contributed by atoms with Crippen LogP contribution in [-0.2, 0) is 0 Å². The molecule has 0 aromatic carbocycles. The smallest absolute Gasteiger partial charge is 0.110 e. The molecule has 0 spiro atoms. The maximum absolute atomic E-state index is 12.0. The van der Waals surface area contributed by atoms with Gasteiger partial charge in [0.05, 0.1) is 0 Å². The summed E-state index contributed by atoms with van der Waals surface area (Å²) in [4.78, 5) is 0. The lowest BCUT2D eigenvalue weighted by Gasteiger charge is -2.01. The minimum atomic E-state index is -0.707. The summed E-state index contributed by atoms with van der Waals surface area (Å²) in [5, 5.41) is 2.96. The Morgan fingerprint density at radius 3 is 2.20 bits per heavy atom. The van der Waals surface area contributed by atoms with Crippen molar-refractivity contribution in [1.29, 1.82) is 0 Å². The molecular weight excluding hydrogens is 129 g/mol. The highest BCUT2D eigenvalue weighted by atomic mass is 19.1. The Hall–Kier alpha value is -0.110. The maximum atomic E-state index is 12.0. The molecule has 0 saturated carbocycles. The van der Waals surface area contributed by atoms with Crippen molar-refractivity contribution >= 4 is 0 Å². The molecule has 0 aliphatic carbocycles. The third kappa shape index (κ3) is 15.7. The van der Waals surface area contributed by atoms with Gasteiger partial charge in [-0.15, -0.1) is 0 Å². The van der Waals surface area contributed by atoms with Gasteiger partial charge in [-0.3, -0.25) is 0 Å². The van der Waals surface area contributed by atoms with Gasteiger partial charge in [0.15, 0.2) is 0 Å². The number of hydrogen-bond donors (Lipinski definition) is 1. The lowest BCUT2D eigenvalue weighted by Crippen LogP contribution is -2.22. The van der Waals surface area contributed by atoms with Gasteiger partial charge in [0.25, 0.3) is 0 Å². The Bertz CT molecular complexity index is 46.5. The first-order chi connectivity index (χ1) is 4.77. The Morgan fingerprint density at radius 1 is 1.40 bits per heavy atom. The minimum Gasteiger partial charge on any atom is -0.314 e. The van der Waals surface area contributed by atoms with Crippen molar-refractivity contribution in [1.82, 2.24) is 5.32 Å². The topological polar surface area (TPSA) is 12.0 Å². The fourth-order valence-electron chi connectivity index (χ4n) is 0.478. The SMILES string of the molecule is CC.CCCNCC(C)F. The van der Waals surface area contributed by atoms with E-state index < -0.39 is 6.17 Å². The highest BCUT2D eigenvalue weighted by Crippen LogP contribution is 1.82. The van der Waals surface area contributed by atoms with Gasteiger partial charge >= 0.3 is 0 Å². The lowest BCUT2D eigenvalue weighted by molar-refractivity contribution is 0.345. The summed E-state index contributed by atoms with van der Waals surface area (Å²) >= 11 is 0. The Kier molecular flexibility index (Phi) is 14.6. The van der Waals surface area contributed by atoms with Crippen LogP contribution in [0.25, 0.3) is 0 Å². The van der Waals surface area contributed by atoms with Crippen molar-refractivity contribution in [3.63, 3.8) is 0 Å². The average Bonchev–Trinajstić information content (AvgIpc) is 1.92. The van der Waals surface area contributed by atoms with Crippen molar-refractivity contribution < 1.29 is 4.39 Å². The minimum absolute atomic E-state index is 0.494. The normalized spacial score (nSPS) is 11.7. The third-order valence-electron chi connectivity index (χ3n) is 0.852. The Morgan fingerprint density at radius 2 is 1.90 bits per heavy atom. The molecule has 0 rings (SSSR count). The first-order valence-electron chi connectivity index (χ1n) is 4.12. The van der Waals surface area contributed by atoms with Gasteiger partial charge in [-0.05, 0) is 19.9 Å². The molecule has 64 valence electrons. The molecule has 0 bridgehead atoms. The molecule has 0 aromatic heterocycles. The van der Waals surface area contributed by atoms with Crippen LogP contribution in [-0.4, -0.2) is 19.3 Å². The molecule has 0 amide bonds. The van der Waals surface area contributed by atoms with Crippen molar-refractivity contribution in [3.8, 4) is 0 Å². The van der Waals surface area contributed by atoms with Gasteiger partial charge in [0.2, 0.25) is 0 Å².